The molecule has 0 heterocycles. The average molecular weight is 375 g/mol. The van der Waals surface area contributed by atoms with E-state index < -0.39 is 17.6 Å². The van der Waals surface area contributed by atoms with Gasteiger partial charge in [0.05, 0.1) is 11.3 Å². The molecule has 28 heavy (non-hydrogen) atoms. The molecule has 3 aromatic carbocycles. The first kappa shape index (κ1) is 18.6. The second-order valence-corrected chi connectivity index (χ2v) is 5.72. The highest BCUT2D eigenvalue weighted by Crippen LogP contribution is 2.27. The molecular weight excluding hydrogens is 361 g/mol. The number of amides is 2. The molecule has 0 spiro atoms. The number of carbonyl (C=O) groups excluding carboxylic acids is 2. The zero-order chi connectivity index (χ0) is 20.1. The Balaban J connectivity index is 1.77. The Kier molecular flexibility index (Phi) is 5.33. The van der Waals surface area contributed by atoms with E-state index in [0.717, 1.165) is 0 Å². The molecule has 2 amide bonds. The Hall–Kier alpha value is -4.18. The average Bonchev–Trinajstić information content (AvgIpc) is 2.69. The fourth-order valence-corrected chi connectivity index (χ4v) is 2.50. The van der Waals surface area contributed by atoms with E-state index >= 15 is 0 Å². The number of nitriles is 1. The van der Waals surface area contributed by atoms with Crippen molar-refractivity contribution in [2.24, 2.45) is 5.73 Å². The topological polar surface area (TPSA) is 105 Å². The molecule has 0 saturated carbocycles. The minimum atomic E-state index is -0.677. The maximum Gasteiger partial charge on any atom is 0.255 e. The Morgan fingerprint density at radius 3 is 2.39 bits per heavy atom. The molecule has 0 aliphatic rings. The third-order valence-electron chi connectivity index (χ3n) is 3.87. The van der Waals surface area contributed by atoms with Crippen molar-refractivity contribution in [3.8, 4) is 17.6 Å². The second kappa shape index (κ2) is 8.01. The molecule has 7 heteroatoms. The lowest BCUT2D eigenvalue weighted by Crippen LogP contribution is -2.18. The monoisotopic (exact) mass is 375 g/mol. The SMILES string of the molecule is N#Cc1c(F)cccc1Oc1ccc(C(=O)Nc2ccccc2C(N)=O)cc1. The lowest BCUT2D eigenvalue weighted by molar-refractivity contribution is 0.100. The lowest BCUT2D eigenvalue weighted by Gasteiger charge is -2.10. The number of primary amides is 1. The summed E-state index contributed by atoms with van der Waals surface area (Å²) in [5.41, 5.74) is 5.91. The molecule has 0 fully saturated rings. The van der Waals surface area contributed by atoms with Crippen LogP contribution in [-0.4, -0.2) is 11.8 Å². The summed E-state index contributed by atoms with van der Waals surface area (Å²) < 4.78 is 19.2. The van der Waals surface area contributed by atoms with Crippen molar-refractivity contribution in [2.45, 2.75) is 0 Å². The van der Waals surface area contributed by atoms with Crippen molar-refractivity contribution in [1.29, 1.82) is 5.26 Å². The summed E-state index contributed by atoms with van der Waals surface area (Å²) in [6, 6.07) is 18.3. The number of nitrogens with zero attached hydrogens (tertiary/aromatic N) is 1. The van der Waals surface area contributed by atoms with Crippen LogP contribution in [0.2, 0.25) is 0 Å². The van der Waals surface area contributed by atoms with E-state index in [1.165, 1.54) is 48.5 Å². The normalized spacial score (nSPS) is 10.0. The Morgan fingerprint density at radius 1 is 1.00 bits per heavy atom. The van der Waals surface area contributed by atoms with E-state index in [2.05, 4.69) is 5.32 Å². The number of para-hydroxylation sites is 1. The van der Waals surface area contributed by atoms with Crippen LogP contribution >= 0.6 is 0 Å². The van der Waals surface area contributed by atoms with Gasteiger partial charge in [-0.05, 0) is 48.5 Å². The zero-order valence-corrected chi connectivity index (χ0v) is 14.5. The summed E-state index contributed by atoms with van der Waals surface area (Å²) >= 11 is 0. The van der Waals surface area contributed by atoms with Gasteiger partial charge in [-0.25, -0.2) is 4.39 Å². The smallest absolute Gasteiger partial charge is 0.255 e. The van der Waals surface area contributed by atoms with E-state index in [4.69, 9.17) is 15.7 Å². The number of benzene rings is 3. The molecule has 3 aromatic rings. The molecule has 0 radical (unpaired) electrons. The van der Waals surface area contributed by atoms with Gasteiger partial charge in [-0.2, -0.15) is 5.26 Å². The van der Waals surface area contributed by atoms with Gasteiger partial charge in [0.1, 0.15) is 28.9 Å². The largest absolute Gasteiger partial charge is 0.456 e. The zero-order valence-electron chi connectivity index (χ0n) is 14.5. The molecule has 0 saturated heterocycles. The maximum atomic E-state index is 13.6. The van der Waals surface area contributed by atoms with Gasteiger partial charge in [0.15, 0.2) is 0 Å². The summed E-state index contributed by atoms with van der Waals surface area (Å²) in [7, 11) is 0. The standard InChI is InChI=1S/C21H14FN3O3/c22-17-5-3-7-19(16(17)12-23)28-14-10-8-13(9-11-14)21(27)25-18-6-2-1-4-15(18)20(24)26/h1-11H,(H2,24,26)(H,25,27). The number of nitrogens with two attached hydrogens (primary N) is 1. The van der Waals surface area contributed by atoms with Crippen LogP contribution < -0.4 is 15.8 Å². The Labute approximate surface area is 160 Å². The van der Waals surface area contributed by atoms with Gasteiger partial charge in [0.25, 0.3) is 11.8 Å². The van der Waals surface area contributed by atoms with Crippen LogP contribution in [0, 0.1) is 17.1 Å². The lowest BCUT2D eigenvalue weighted by atomic mass is 10.1. The van der Waals surface area contributed by atoms with Crippen LogP contribution in [0.1, 0.15) is 26.3 Å². The number of anilines is 1. The van der Waals surface area contributed by atoms with Crippen molar-refractivity contribution in [1.82, 2.24) is 0 Å². The van der Waals surface area contributed by atoms with E-state index in [1.54, 1.807) is 24.3 Å². The third-order valence-corrected chi connectivity index (χ3v) is 3.87. The fourth-order valence-electron chi connectivity index (χ4n) is 2.50. The molecule has 3 rings (SSSR count). The molecule has 0 aliphatic heterocycles. The molecule has 0 aliphatic carbocycles. The van der Waals surface area contributed by atoms with E-state index in [0.29, 0.717) is 17.0 Å². The summed E-state index contributed by atoms with van der Waals surface area (Å²) in [5, 5.41) is 11.7. The van der Waals surface area contributed by atoms with E-state index in [1.807, 2.05) is 0 Å². The van der Waals surface area contributed by atoms with Crippen molar-refractivity contribution < 1.29 is 18.7 Å². The summed E-state index contributed by atoms with van der Waals surface area (Å²) in [5.74, 6) is -1.36. The third kappa shape index (κ3) is 3.97. The van der Waals surface area contributed by atoms with Gasteiger partial charge >= 0.3 is 0 Å². The molecule has 0 aromatic heterocycles. The van der Waals surface area contributed by atoms with Gasteiger partial charge in [0.2, 0.25) is 0 Å². The maximum absolute atomic E-state index is 13.6. The molecule has 3 N–H and O–H groups in total. The van der Waals surface area contributed by atoms with Crippen LogP contribution in [0.5, 0.6) is 11.5 Å². The number of nitrogens with one attached hydrogen (secondary N) is 1. The fraction of sp³-hybridized carbons (Fsp3) is 0. The number of ether oxygens (including phenoxy) is 1. The molecule has 0 unspecified atom stereocenters. The summed E-state index contributed by atoms with van der Waals surface area (Å²) in [6.07, 6.45) is 0. The highest BCUT2D eigenvalue weighted by Gasteiger charge is 2.13. The Morgan fingerprint density at radius 2 is 1.71 bits per heavy atom. The predicted molar refractivity (Wildman–Crippen MR) is 101 cm³/mol. The van der Waals surface area contributed by atoms with Gasteiger partial charge in [-0.3, -0.25) is 9.59 Å². The molecule has 6 nitrogen and oxygen atoms in total. The van der Waals surface area contributed by atoms with Crippen molar-refractivity contribution >= 4 is 17.5 Å². The minimum Gasteiger partial charge on any atom is -0.456 e. The van der Waals surface area contributed by atoms with Crippen LogP contribution in [0.25, 0.3) is 0 Å². The van der Waals surface area contributed by atoms with Crippen molar-refractivity contribution in [2.75, 3.05) is 5.32 Å². The van der Waals surface area contributed by atoms with E-state index in [-0.39, 0.29) is 16.9 Å². The van der Waals surface area contributed by atoms with Gasteiger partial charge < -0.3 is 15.8 Å². The van der Waals surface area contributed by atoms with Crippen LogP contribution in [0.3, 0.4) is 0 Å². The number of halogens is 1. The number of carbonyl (C=O) groups is 2. The first-order valence-electron chi connectivity index (χ1n) is 8.16. The summed E-state index contributed by atoms with van der Waals surface area (Å²) in [4.78, 5) is 23.8. The first-order valence-corrected chi connectivity index (χ1v) is 8.16. The van der Waals surface area contributed by atoms with Crippen LogP contribution in [-0.2, 0) is 0 Å². The second-order valence-electron chi connectivity index (χ2n) is 5.72. The molecule has 0 atom stereocenters. The predicted octanol–water partition coefficient (Wildman–Crippen LogP) is 3.84. The number of hydrogen-bond donors (Lipinski definition) is 2. The quantitative estimate of drug-likeness (QED) is 0.707. The molecule has 138 valence electrons. The molecule has 0 bridgehead atoms. The number of rotatable bonds is 5. The van der Waals surface area contributed by atoms with Crippen molar-refractivity contribution in [3.05, 3.63) is 89.2 Å². The van der Waals surface area contributed by atoms with Gasteiger partial charge in [-0.1, -0.05) is 18.2 Å². The first-order chi connectivity index (χ1) is 13.5. The van der Waals surface area contributed by atoms with Crippen molar-refractivity contribution in [3.63, 3.8) is 0 Å². The highest BCUT2D eigenvalue weighted by atomic mass is 19.1. The minimum absolute atomic E-state index is 0.0788. The van der Waals surface area contributed by atoms with Gasteiger partial charge in [0, 0.05) is 5.56 Å². The summed E-state index contributed by atoms with van der Waals surface area (Å²) in [6.45, 7) is 0. The van der Waals surface area contributed by atoms with E-state index in [9.17, 15) is 14.0 Å². The Bertz CT molecular complexity index is 1090. The number of hydrogen-bond acceptors (Lipinski definition) is 4. The van der Waals surface area contributed by atoms with Gasteiger partial charge in [-0.15, -0.1) is 0 Å². The van der Waals surface area contributed by atoms with Crippen LogP contribution in [0.4, 0.5) is 10.1 Å². The van der Waals surface area contributed by atoms with Crippen LogP contribution in [0.15, 0.2) is 66.7 Å². The molecular formula is C21H14FN3O3. The highest BCUT2D eigenvalue weighted by molar-refractivity contribution is 6.08.